The zero-order valence-electron chi connectivity index (χ0n) is 5.44. The molecule has 0 saturated heterocycles. The molecule has 2 unspecified atom stereocenters. The van der Waals surface area contributed by atoms with E-state index in [1.165, 1.54) is 18.8 Å². The molecular formula is C5H8N2O2S. The third-order valence-electron chi connectivity index (χ3n) is 1.10. The van der Waals surface area contributed by atoms with Crippen LogP contribution in [-0.4, -0.2) is 28.1 Å². The van der Waals surface area contributed by atoms with Crippen LogP contribution in [-0.2, 0) is 10.8 Å². The first-order valence-corrected chi connectivity index (χ1v) is 4.27. The quantitative estimate of drug-likeness (QED) is 0.525. The highest BCUT2D eigenvalue weighted by Gasteiger charge is 2.13. The second-order valence-electron chi connectivity index (χ2n) is 1.82. The molecule has 5 heteroatoms. The van der Waals surface area contributed by atoms with E-state index in [9.17, 15) is 4.21 Å². The van der Waals surface area contributed by atoms with E-state index in [0.29, 0.717) is 4.91 Å². The predicted molar refractivity (Wildman–Crippen MR) is 39.8 cm³/mol. The van der Waals surface area contributed by atoms with Gasteiger partial charge in [-0.3, -0.25) is 4.21 Å². The summed E-state index contributed by atoms with van der Waals surface area (Å²) in [5.74, 6) is 0. The van der Waals surface area contributed by atoms with Crippen LogP contribution >= 0.6 is 0 Å². The normalized spacial score (nSPS) is 27.0. The smallest absolute Gasteiger partial charge is 0.182 e. The molecule has 0 aliphatic carbocycles. The average molecular weight is 160 g/mol. The van der Waals surface area contributed by atoms with E-state index < -0.39 is 17.0 Å². The van der Waals surface area contributed by atoms with E-state index in [-0.39, 0.29) is 0 Å². The second-order valence-corrected chi connectivity index (χ2v) is 3.20. The third-order valence-corrected chi connectivity index (χ3v) is 2.09. The van der Waals surface area contributed by atoms with Gasteiger partial charge in [0.05, 0.1) is 22.0 Å². The molecule has 1 rings (SSSR count). The summed E-state index contributed by atoms with van der Waals surface area (Å²) >= 11 is 0. The molecule has 0 fully saturated rings. The number of aliphatic imine (C=N–C) groups is 1. The minimum Gasteiger partial charge on any atom is -0.367 e. The van der Waals surface area contributed by atoms with Gasteiger partial charge in [0.15, 0.2) is 6.23 Å². The van der Waals surface area contributed by atoms with Gasteiger partial charge in [0.2, 0.25) is 0 Å². The van der Waals surface area contributed by atoms with Crippen LogP contribution in [0.3, 0.4) is 0 Å². The summed E-state index contributed by atoms with van der Waals surface area (Å²) in [7, 11) is -1.15. The fourth-order valence-electron chi connectivity index (χ4n) is 0.612. The molecule has 0 bridgehead atoms. The molecule has 0 aromatic rings. The van der Waals surface area contributed by atoms with Crippen LogP contribution in [0.4, 0.5) is 0 Å². The molecule has 0 aromatic heterocycles. The summed E-state index contributed by atoms with van der Waals surface area (Å²) < 4.78 is 10.8. The molecule has 1 heterocycles. The van der Waals surface area contributed by atoms with Crippen LogP contribution in [0, 0.1) is 0 Å². The zero-order valence-corrected chi connectivity index (χ0v) is 6.26. The Bertz CT molecular complexity index is 212. The first-order chi connectivity index (χ1) is 4.72. The highest BCUT2D eigenvalue weighted by molar-refractivity contribution is 7.88. The highest BCUT2D eigenvalue weighted by Crippen LogP contribution is 2.07. The van der Waals surface area contributed by atoms with E-state index >= 15 is 0 Å². The zero-order chi connectivity index (χ0) is 7.56. The molecule has 1 aliphatic heterocycles. The van der Waals surface area contributed by atoms with Gasteiger partial charge >= 0.3 is 0 Å². The predicted octanol–water partition coefficient (Wildman–Crippen LogP) is -0.844. The monoisotopic (exact) mass is 160 g/mol. The Morgan fingerprint density at radius 2 is 2.60 bits per heavy atom. The van der Waals surface area contributed by atoms with Gasteiger partial charge in [-0.05, 0) is 0 Å². The minimum atomic E-state index is -1.15. The van der Waals surface area contributed by atoms with Crippen LogP contribution in [0.15, 0.2) is 16.1 Å². The van der Waals surface area contributed by atoms with Crippen LogP contribution in [0.2, 0.25) is 0 Å². The summed E-state index contributed by atoms with van der Waals surface area (Å²) in [4.78, 5) is 4.00. The Kier molecular flexibility index (Phi) is 2.18. The molecule has 1 aliphatic rings. The molecule has 56 valence electrons. The van der Waals surface area contributed by atoms with Crippen molar-refractivity contribution in [1.82, 2.24) is 5.32 Å². The van der Waals surface area contributed by atoms with Crippen molar-refractivity contribution < 1.29 is 9.32 Å². The van der Waals surface area contributed by atoms with Crippen molar-refractivity contribution in [1.29, 1.82) is 0 Å². The number of nitrogens with zero attached hydrogens (tertiary/aromatic N) is 1. The van der Waals surface area contributed by atoms with Crippen molar-refractivity contribution >= 4 is 17.1 Å². The molecule has 4 nitrogen and oxygen atoms in total. The van der Waals surface area contributed by atoms with Crippen molar-refractivity contribution in [3.8, 4) is 0 Å². The van der Waals surface area contributed by atoms with E-state index in [1.54, 1.807) is 0 Å². The maximum Gasteiger partial charge on any atom is 0.182 e. The Balaban J connectivity index is 2.76. The highest BCUT2D eigenvalue weighted by atomic mass is 32.2. The van der Waals surface area contributed by atoms with Gasteiger partial charge in [0, 0.05) is 12.5 Å². The molecule has 0 saturated carbocycles. The third kappa shape index (κ3) is 1.43. The molecule has 0 radical (unpaired) electrons. The topological polar surface area (TPSA) is 61.7 Å². The molecule has 0 aromatic carbocycles. The lowest BCUT2D eigenvalue weighted by Crippen LogP contribution is -2.21. The molecule has 2 atom stereocenters. The molecular weight excluding hydrogens is 152 g/mol. The van der Waals surface area contributed by atoms with Crippen LogP contribution < -0.4 is 5.32 Å². The Morgan fingerprint density at radius 1 is 1.90 bits per heavy atom. The van der Waals surface area contributed by atoms with E-state index in [2.05, 4.69) is 10.3 Å². The standard InChI is InChI=1S/C5H8N2O2S/c1-10(9)4-2-6-3-7-5(4)8/h2-3,5,8H,1H3,(H,6,7). The van der Waals surface area contributed by atoms with Crippen LogP contribution in [0.1, 0.15) is 0 Å². The maximum absolute atomic E-state index is 10.8. The number of hydrogen-bond acceptors (Lipinski definition) is 4. The lowest BCUT2D eigenvalue weighted by Gasteiger charge is -2.11. The molecule has 0 spiro atoms. The Labute approximate surface area is 61.1 Å². The van der Waals surface area contributed by atoms with Crippen molar-refractivity contribution in [2.45, 2.75) is 6.23 Å². The summed E-state index contributed by atoms with van der Waals surface area (Å²) in [6, 6.07) is 0. The molecule has 2 N–H and O–H groups in total. The fraction of sp³-hybridized carbons (Fsp3) is 0.400. The Morgan fingerprint density at radius 3 is 3.00 bits per heavy atom. The lowest BCUT2D eigenvalue weighted by molar-refractivity contribution is 0.228. The van der Waals surface area contributed by atoms with Crippen molar-refractivity contribution in [2.75, 3.05) is 6.26 Å². The average Bonchev–Trinajstić information content (AvgIpc) is 1.88. The number of rotatable bonds is 1. The largest absolute Gasteiger partial charge is 0.367 e. The van der Waals surface area contributed by atoms with Gasteiger partial charge < -0.3 is 10.4 Å². The van der Waals surface area contributed by atoms with Gasteiger partial charge in [0.25, 0.3) is 0 Å². The van der Waals surface area contributed by atoms with E-state index in [0.717, 1.165) is 0 Å². The fourth-order valence-corrected chi connectivity index (χ4v) is 1.20. The van der Waals surface area contributed by atoms with E-state index in [1.807, 2.05) is 0 Å². The van der Waals surface area contributed by atoms with Gasteiger partial charge in [-0.2, -0.15) is 0 Å². The van der Waals surface area contributed by atoms with Gasteiger partial charge in [-0.15, -0.1) is 0 Å². The van der Waals surface area contributed by atoms with Crippen LogP contribution in [0.25, 0.3) is 0 Å². The summed E-state index contributed by atoms with van der Waals surface area (Å²) in [5, 5.41) is 11.7. The molecule has 0 amide bonds. The van der Waals surface area contributed by atoms with E-state index in [4.69, 9.17) is 5.11 Å². The first kappa shape index (κ1) is 7.43. The number of hydrogen-bond donors (Lipinski definition) is 2. The summed E-state index contributed by atoms with van der Waals surface area (Å²) in [6.45, 7) is 0. The van der Waals surface area contributed by atoms with Gasteiger partial charge in [-0.25, -0.2) is 4.99 Å². The van der Waals surface area contributed by atoms with Crippen LogP contribution in [0.5, 0.6) is 0 Å². The van der Waals surface area contributed by atoms with Crippen molar-refractivity contribution in [2.24, 2.45) is 4.99 Å². The number of aliphatic hydroxyl groups excluding tert-OH is 1. The minimum absolute atomic E-state index is 0.405. The summed E-state index contributed by atoms with van der Waals surface area (Å²) in [5.41, 5.74) is 0. The van der Waals surface area contributed by atoms with Crippen molar-refractivity contribution in [3.05, 3.63) is 11.1 Å². The lowest BCUT2D eigenvalue weighted by atomic mass is 10.5. The van der Waals surface area contributed by atoms with Gasteiger partial charge in [0.1, 0.15) is 0 Å². The maximum atomic E-state index is 10.8. The number of aliphatic hydroxyl groups is 1. The Hall–Kier alpha value is -0.680. The van der Waals surface area contributed by atoms with Gasteiger partial charge in [-0.1, -0.05) is 0 Å². The van der Waals surface area contributed by atoms with Crippen molar-refractivity contribution in [3.63, 3.8) is 0 Å². The summed E-state index contributed by atoms with van der Waals surface area (Å²) in [6.07, 6.45) is 3.42. The first-order valence-electron chi connectivity index (χ1n) is 2.71. The number of nitrogens with one attached hydrogen (secondary N) is 1. The second kappa shape index (κ2) is 2.94. The molecule has 10 heavy (non-hydrogen) atoms. The SMILES string of the molecule is CS(=O)C1=CNC=NC1O.